The van der Waals surface area contributed by atoms with Crippen LogP contribution in [-0.2, 0) is 9.59 Å². The van der Waals surface area contributed by atoms with Gasteiger partial charge in [-0.15, -0.1) is 0 Å². The Morgan fingerprint density at radius 2 is 1.79 bits per heavy atom. The first-order valence-corrected chi connectivity index (χ1v) is 8.50. The van der Waals surface area contributed by atoms with Crippen LogP contribution in [0.15, 0.2) is 28.7 Å². The van der Waals surface area contributed by atoms with Crippen molar-refractivity contribution in [3.8, 4) is 0 Å². The monoisotopic (exact) mass is 398 g/mol. The smallest absolute Gasteiger partial charge is 0.305 e. The lowest BCUT2D eigenvalue weighted by Crippen LogP contribution is -2.51. The maximum Gasteiger partial charge on any atom is 0.305 e. The van der Waals surface area contributed by atoms with E-state index >= 15 is 0 Å². The normalized spacial score (nSPS) is 13.2. The van der Waals surface area contributed by atoms with Gasteiger partial charge in [0.2, 0.25) is 5.91 Å². The second-order valence-corrected chi connectivity index (χ2v) is 7.12. The molecular formula is C17H23BrN2O4. The number of nitrogens with one attached hydrogen (secondary N) is 2. The number of carbonyl (C=O) groups excluding carboxylic acids is 2. The van der Waals surface area contributed by atoms with Crippen LogP contribution < -0.4 is 10.6 Å². The van der Waals surface area contributed by atoms with E-state index < -0.39 is 11.5 Å². The van der Waals surface area contributed by atoms with Gasteiger partial charge in [0.1, 0.15) is 0 Å². The highest BCUT2D eigenvalue weighted by atomic mass is 79.9. The number of hydrogen-bond donors (Lipinski definition) is 3. The zero-order chi connectivity index (χ0) is 18.3. The van der Waals surface area contributed by atoms with Crippen LogP contribution in [0.4, 0.5) is 0 Å². The molecule has 24 heavy (non-hydrogen) atoms. The Morgan fingerprint density at radius 3 is 2.29 bits per heavy atom. The number of aliphatic carboxylic acids is 1. The van der Waals surface area contributed by atoms with Crippen LogP contribution in [0.2, 0.25) is 0 Å². The first-order chi connectivity index (χ1) is 11.1. The van der Waals surface area contributed by atoms with E-state index in [-0.39, 0.29) is 37.1 Å². The minimum atomic E-state index is -0.963. The van der Waals surface area contributed by atoms with Gasteiger partial charge in [-0.25, -0.2) is 0 Å². The highest BCUT2D eigenvalue weighted by molar-refractivity contribution is 9.10. The largest absolute Gasteiger partial charge is 0.481 e. The molecule has 0 bridgehead atoms. The molecule has 1 unspecified atom stereocenters. The third-order valence-corrected chi connectivity index (χ3v) is 4.49. The number of halogens is 1. The summed E-state index contributed by atoms with van der Waals surface area (Å²) in [6, 6.07) is 6.90. The number of hydrogen-bond acceptors (Lipinski definition) is 3. The molecule has 0 saturated carbocycles. The molecule has 0 radical (unpaired) electrons. The molecule has 0 fully saturated rings. The molecule has 0 aliphatic carbocycles. The average molecular weight is 399 g/mol. The fraction of sp³-hybridized carbons (Fsp3) is 0.471. The van der Waals surface area contributed by atoms with E-state index in [1.54, 1.807) is 31.2 Å². The number of benzene rings is 1. The minimum Gasteiger partial charge on any atom is -0.481 e. The molecule has 1 rings (SSSR count). The molecule has 0 heterocycles. The quantitative estimate of drug-likeness (QED) is 0.626. The van der Waals surface area contributed by atoms with Crippen molar-refractivity contribution in [1.29, 1.82) is 0 Å². The summed E-state index contributed by atoms with van der Waals surface area (Å²) in [6.45, 7) is 5.61. The Balaban J connectivity index is 2.49. The van der Waals surface area contributed by atoms with Crippen molar-refractivity contribution in [3.05, 3.63) is 34.3 Å². The predicted octanol–water partition coefficient (Wildman–Crippen LogP) is 2.57. The average Bonchev–Trinajstić information content (AvgIpc) is 2.46. The lowest BCUT2D eigenvalue weighted by molar-refractivity contribution is -0.139. The van der Waals surface area contributed by atoms with E-state index in [2.05, 4.69) is 26.6 Å². The van der Waals surface area contributed by atoms with Gasteiger partial charge in [-0.3, -0.25) is 14.4 Å². The summed E-state index contributed by atoms with van der Waals surface area (Å²) < 4.78 is 0.879. The van der Waals surface area contributed by atoms with Crippen LogP contribution >= 0.6 is 15.9 Å². The van der Waals surface area contributed by atoms with Gasteiger partial charge in [0, 0.05) is 28.5 Å². The Labute approximate surface area is 150 Å². The van der Waals surface area contributed by atoms with E-state index in [9.17, 15) is 14.4 Å². The minimum absolute atomic E-state index is 0.0325. The molecular weight excluding hydrogens is 376 g/mol. The van der Waals surface area contributed by atoms with Crippen LogP contribution in [0.5, 0.6) is 0 Å². The van der Waals surface area contributed by atoms with Crippen molar-refractivity contribution in [3.63, 3.8) is 0 Å². The van der Waals surface area contributed by atoms with Crippen LogP contribution in [0, 0.1) is 5.92 Å². The molecule has 0 aliphatic rings. The Kier molecular flexibility index (Phi) is 7.41. The molecule has 6 nitrogen and oxygen atoms in total. The topological polar surface area (TPSA) is 95.5 Å². The lowest BCUT2D eigenvalue weighted by Gasteiger charge is -2.33. The van der Waals surface area contributed by atoms with Gasteiger partial charge in [0.15, 0.2) is 0 Å². The molecule has 0 saturated heterocycles. The van der Waals surface area contributed by atoms with E-state index in [1.807, 2.05) is 13.8 Å². The van der Waals surface area contributed by atoms with Crippen molar-refractivity contribution < 1.29 is 19.5 Å². The van der Waals surface area contributed by atoms with Crippen molar-refractivity contribution in [2.45, 2.75) is 39.2 Å². The molecule has 0 spiro atoms. The summed E-state index contributed by atoms with van der Waals surface area (Å²) in [7, 11) is 0. The van der Waals surface area contributed by atoms with Gasteiger partial charge >= 0.3 is 5.97 Å². The summed E-state index contributed by atoms with van der Waals surface area (Å²) in [6.07, 6.45) is -0.0636. The lowest BCUT2D eigenvalue weighted by atomic mass is 9.85. The maximum absolute atomic E-state index is 12.0. The summed E-state index contributed by atoms with van der Waals surface area (Å²) in [4.78, 5) is 35.0. The molecule has 1 aromatic carbocycles. The Bertz CT molecular complexity index is 601. The maximum atomic E-state index is 12.0. The molecule has 2 amide bonds. The summed E-state index contributed by atoms with van der Waals surface area (Å²) in [5.74, 6) is -1.54. The van der Waals surface area contributed by atoms with Gasteiger partial charge in [0.25, 0.3) is 5.91 Å². The number of carboxylic acid groups (broad SMARTS) is 1. The van der Waals surface area contributed by atoms with Gasteiger partial charge in [-0.2, -0.15) is 0 Å². The van der Waals surface area contributed by atoms with Gasteiger partial charge in [0.05, 0.1) is 6.42 Å². The zero-order valence-corrected chi connectivity index (χ0v) is 15.6. The fourth-order valence-corrected chi connectivity index (χ4v) is 2.35. The molecule has 0 aliphatic heterocycles. The molecule has 1 atom stereocenters. The number of rotatable bonds is 8. The summed E-state index contributed by atoms with van der Waals surface area (Å²) in [5, 5.41) is 14.4. The van der Waals surface area contributed by atoms with E-state index in [0.717, 1.165) is 4.47 Å². The van der Waals surface area contributed by atoms with Crippen molar-refractivity contribution in [1.82, 2.24) is 10.6 Å². The van der Waals surface area contributed by atoms with E-state index in [1.165, 1.54) is 0 Å². The van der Waals surface area contributed by atoms with Crippen molar-refractivity contribution in [2.75, 3.05) is 6.54 Å². The van der Waals surface area contributed by atoms with E-state index in [4.69, 9.17) is 5.11 Å². The standard InChI is InChI=1S/C17H23BrN2O4/c1-11(2)17(3,10-15(22)23)20-14(21)8-9-19-16(24)12-4-6-13(18)7-5-12/h4-7,11H,8-10H2,1-3H3,(H,19,24)(H,20,21)(H,22,23). The third kappa shape index (κ3) is 6.31. The van der Waals surface area contributed by atoms with Gasteiger partial charge in [-0.1, -0.05) is 29.8 Å². The summed E-state index contributed by atoms with van der Waals surface area (Å²) >= 11 is 3.30. The second kappa shape index (κ2) is 8.82. The fourth-order valence-electron chi connectivity index (χ4n) is 2.08. The number of carbonyl (C=O) groups is 3. The van der Waals surface area contributed by atoms with Crippen LogP contribution in [-0.4, -0.2) is 35.0 Å². The van der Waals surface area contributed by atoms with Crippen LogP contribution in [0.3, 0.4) is 0 Å². The zero-order valence-electron chi connectivity index (χ0n) is 14.1. The highest BCUT2D eigenvalue weighted by Gasteiger charge is 2.32. The SMILES string of the molecule is CC(C)C(C)(CC(=O)O)NC(=O)CCNC(=O)c1ccc(Br)cc1. The molecule has 0 aromatic heterocycles. The van der Waals surface area contributed by atoms with Crippen molar-refractivity contribution >= 4 is 33.7 Å². The second-order valence-electron chi connectivity index (χ2n) is 6.20. The number of carboxylic acids is 1. The summed E-state index contributed by atoms with van der Waals surface area (Å²) in [5.41, 5.74) is -0.310. The van der Waals surface area contributed by atoms with Gasteiger partial charge in [-0.05, 0) is 37.1 Å². The molecule has 3 N–H and O–H groups in total. The molecule has 7 heteroatoms. The van der Waals surface area contributed by atoms with Crippen LogP contribution in [0.25, 0.3) is 0 Å². The first kappa shape index (κ1) is 20.2. The molecule has 132 valence electrons. The van der Waals surface area contributed by atoms with E-state index in [0.29, 0.717) is 5.56 Å². The molecule has 1 aromatic rings. The highest BCUT2D eigenvalue weighted by Crippen LogP contribution is 2.20. The predicted molar refractivity (Wildman–Crippen MR) is 94.7 cm³/mol. The number of amides is 2. The Morgan fingerprint density at radius 1 is 1.21 bits per heavy atom. The Hall–Kier alpha value is -1.89. The third-order valence-electron chi connectivity index (χ3n) is 3.96. The van der Waals surface area contributed by atoms with Crippen LogP contribution in [0.1, 0.15) is 44.0 Å². The first-order valence-electron chi connectivity index (χ1n) is 7.70. The van der Waals surface area contributed by atoms with Gasteiger partial charge < -0.3 is 15.7 Å². The van der Waals surface area contributed by atoms with Crippen molar-refractivity contribution in [2.24, 2.45) is 5.92 Å².